The van der Waals surface area contributed by atoms with Crippen LogP contribution in [-0.4, -0.2) is 39.4 Å². The lowest BCUT2D eigenvalue weighted by Gasteiger charge is -2.17. The molecule has 0 unspecified atom stereocenters. The maximum Gasteiger partial charge on any atom is 0.225 e. The number of nitrogens with zero attached hydrogens (tertiary/aromatic N) is 3. The first kappa shape index (κ1) is 12.5. The van der Waals surface area contributed by atoms with Crippen molar-refractivity contribution in [1.82, 2.24) is 14.9 Å². The van der Waals surface area contributed by atoms with Gasteiger partial charge in [-0.15, -0.1) is 0 Å². The first-order chi connectivity index (χ1) is 9.06. The number of rotatable bonds is 3. The van der Waals surface area contributed by atoms with E-state index in [0.29, 0.717) is 35.8 Å². The van der Waals surface area contributed by atoms with Crippen LogP contribution in [0.4, 0.5) is 11.6 Å². The second kappa shape index (κ2) is 4.52. The van der Waals surface area contributed by atoms with Crippen molar-refractivity contribution in [3.05, 3.63) is 11.3 Å². The lowest BCUT2D eigenvalue weighted by molar-refractivity contribution is -0.128. The highest BCUT2D eigenvalue weighted by Gasteiger charge is 2.44. The highest BCUT2D eigenvalue weighted by atomic mass is 35.5. The Morgan fingerprint density at radius 1 is 1.53 bits per heavy atom. The molecule has 3 N–H and O–H groups in total. The van der Waals surface area contributed by atoms with Crippen LogP contribution < -0.4 is 11.1 Å². The number of halogens is 1. The van der Waals surface area contributed by atoms with Crippen molar-refractivity contribution in [3.63, 3.8) is 0 Å². The molecule has 3 atom stereocenters. The molecule has 1 aromatic heterocycles. The summed E-state index contributed by atoms with van der Waals surface area (Å²) in [4.78, 5) is 21.8. The van der Waals surface area contributed by atoms with E-state index in [9.17, 15) is 4.79 Å². The Morgan fingerprint density at radius 2 is 2.26 bits per heavy atom. The number of carbonyl (C=O) groups is 1. The van der Waals surface area contributed by atoms with E-state index in [1.165, 1.54) is 6.33 Å². The third-order valence-corrected chi connectivity index (χ3v) is 4.16. The fraction of sp³-hybridized carbons (Fsp3) is 0.583. The standard InChI is InChI=1S/C12H16ClN5O/c1-6-2-8(6)18-4-7(3-9(18)19)17-12-10(13)11(14)15-5-16-12/h5-8H,2-4H2,1H3,(H3,14,15,16,17)/t6-,7-,8+/m1/s1. The van der Waals surface area contributed by atoms with Gasteiger partial charge in [-0.05, 0) is 12.3 Å². The van der Waals surface area contributed by atoms with Crippen molar-refractivity contribution in [2.24, 2.45) is 5.92 Å². The molecule has 0 spiro atoms. The molecule has 7 heteroatoms. The van der Waals surface area contributed by atoms with Crippen molar-refractivity contribution >= 4 is 29.1 Å². The molecule has 19 heavy (non-hydrogen) atoms. The lowest BCUT2D eigenvalue weighted by atomic mass is 10.2. The second-order valence-corrected chi connectivity index (χ2v) is 5.67. The Morgan fingerprint density at radius 3 is 2.95 bits per heavy atom. The van der Waals surface area contributed by atoms with Crippen LogP contribution in [0.15, 0.2) is 6.33 Å². The molecule has 0 radical (unpaired) electrons. The van der Waals surface area contributed by atoms with Gasteiger partial charge in [0, 0.05) is 19.0 Å². The fourth-order valence-electron chi connectivity index (χ4n) is 2.56. The number of nitrogens with one attached hydrogen (secondary N) is 1. The van der Waals surface area contributed by atoms with Gasteiger partial charge in [0.1, 0.15) is 17.2 Å². The molecular formula is C12H16ClN5O. The molecule has 2 heterocycles. The third-order valence-electron chi connectivity index (χ3n) is 3.78. The van der Waals surface area contributed by atoms with E-state index >= 15 is 0 Å². The van der Waals surface area contributed by atoms with Crippen LogP contribution in [0.25, 0.3) is 0 Å². The quantitative estimate of drug-likeness (QED) is 0.868. The number of anilines is 2. The molecule has 1 aliphatic carbocycles. The molecule has 1 amide bonds. The Bertz CT molecular complexity index is 523. The van der Waals surface area contributed by atoms with Crippen LogP contribution in [0, 0.1) is 5.92 Å². The summed E-state index contributed by atoms with van der Waals surface area (Å²) in [7, 11) is 0. The molecule has 1 aliphatic heterocycles. The fourth-order valence-corrected chi connectivity index (χ4v) is 2.72. The molecule has 2 fully saturated rings. The summed E-state index contributed by atoms with van der Waals surface area (Å²) in [6, 6.07) is 0.456. The summed E-state index contributed by atoms with van der Waals surface area (Å²) in [5.74, 6) is 1.57. The van der Waals surface area contributed by atoms with E-state index in [-0.39, 0.29) is 17.8 Å². The van der Waals surface area contributed by atoms with Crippen molar-refractivity contribution in [3.8, 4) is 0 Å². The Hall–Kier alpha value is -1.56. The molecule has 0 bridgehead atoms. The van der Waals surface area contributed by atoms with Crippen LogP contribution in [0.1, 0.15) is 19.8 Å². The Labute approximate surface area is 116 Å². The number of aromatic nitrogens is 2. The maximum absolute atomic E-state index is 11.9. The van der Waals surface area contributed by atoms with Gasteiger partial charge in [-0.1, -0.05) is 18.5 Å². The van der Waals surface area contributed by atoms with Gasteiger partial charge in [0.2, 0.25) is 5.91 Å². The van der Waals surface area contributed by atoms with Gasteiger partial charge >= 0.3 is 0 Å². The third kappa shape index (κ3) is 2.32. The largest absolute Gasteiger partial charge is 0.382 e. The highest BCUT2D eigenvalue weighted by Crippen LogP contribution is 2.38. The smallest absolute Gasteiger partial charge is 0.225 e. The lowest BCUT2D eigenvalue weighted by Crippen LogP contribution is -2.30. The minimum atomic E-state index is 0.0344. The molecular weight excluding hydrogens is 266 g/mol. The summed E-state index contributed by atoms with van der Waals surface area (Å²) in [6.45, 7) is 2.87. The minimum absolute atomic E-state index is 0.0344. The van der Waals surface area contributed by atoms with Crippen molar-refractivity contribution < 1.29 is 4.79 Å². The zero-order chi connectivity index (χ0) is 13.6. The topological polar surface area (TPSA) is 84.1 Å². The molecule has 6 nitrogen and oxygen atoms in total. The Kier molecular flexibility index (Phi) is 2.97. The van der Waals surface area contributed by atoms with Gasteiger partial charge in [0.05, 0.1) is 6.04 Å². The number of likely N-dealkylation sites (tertiary alicyclic amines) is 1. The summed E-state index contributed by atoms with van der Waals surface area (Å²) < 4.78 is 0. The number of nitrogens with two attached hydrogens (primary N) is 1. The predicted molar refractivity (Wildman–Crippen MR) is 72.8 cm³/mol. The van der Waals surface area contributed by atoms with E-state index in [2.05, 4.69) is 22.2 Å². The van der Waals surface area contributed by atoms with E-state index in [0.717, 1.165) is 6.42 Å². The molecule has 2 aliphatic rings. The van der Waals surface area contributed by atoms with Gasteiger partial charge < -0.3 is 16.0 Å². The number of amides is 1. The van der Waals surface area contributed by atoms with Crippen molar-refractivity contribution in [2.45, 2.75) is 31.8 Å². The number of hydrogen-bond donors (Lipinski definition) is 2. The molecule has 1 saturated heterocycles. The molecule has 3 rings (SSSR count). The zero-order valence-electron chi connectivity index (χ0n) is 10.6. The highest BCUT2D eigenvalue weighted by molar-refractivity contribution is 6.35. The minimum Gasteiger partial charge on any atom is -0.382 e. The first-order valence-electron chi connectivity index (χ1n) is 6.38. The SMILES string of the molecule is C[C@@H]1C[C@@H]1N1C[C@H](Nc2ncnc(N)c2Cl)CC1=O. The van der Waals surface area contributed by atoms with Gasteiger partial charge in [-0.3, -0.25) is 4.79 Å². The average Bonchev–Trinajstić information content (AvgIpc) is 2.97. The second-order valence-electron chi connectivity index (χ2n) is 5.29. The van der Waals surface area contributed by atoms with Gasteiger partial charge in [-0.2, -0.15) is 0 Å². The van der Waals surface area contributed by atoms with Crippen molar-refractivity contribution in [1.29, 1.82) is 0 Å². The zero-order valence-corrected chi connectivity index (χ0v) is 11.4. The summed E-state index contributed by atoms with van der Waals surface area (Å²) in [5.41, 5.74) is 5.63. The molecule has 102 valence electrons. The van der Waals surface area contributed by atoms with E-state index in [1.807, 2.05) is 4.90 Å². The summed E-state index contributed by atoms with van der Waals surface area (Å²) in [5, 5.41) is 3.50. The van der Waals surface area contributed by atoms with E-state index in [1.54, 1.807) is 0 Å². The van der Waals surface area contributed by atoms with Crippen molar-refractivity contribution in [2.75, 3.05) is 17.6 Å². The number of nitrogen functional groups attached to an aromatic ring is 1. The molecule has 0 aromatic carbocycles. The van der Waals surface area contributed by atoms with Crippen LogP contribution in [0.5, 0.6) is 0 Å². The average molecular weight is 282 g/mol. The van der Waals surface area contributed by atoms with Crippen LogP contribution >= 0.6 is 11.6 Å². The van der Waals surface area contributed by atoms with Crippen LogP contribution in [-0.2, 0) is 4.79 Å². The van der Waals surface area contributed by atoms with E-state index < -0.39 is 0 Å². The predicted octanol–water partition coefficient (Wildman–Crippen LogP) is 1.13. The normalized spacial score (nSPS) is 29.7. The van der Waals surface area contributed by atoms with Gasteiger partial charge in [-0.25, -0.2) is 9.97 Å². The molecule has 1 aromatic rings. The maximum atomic E-state index is 11.9. The summed E-state index contributed by atoms with van der Waals surface area (Å²) in [6.07, 6.45) is 2.95. The van der Waals surface area contributed by atoms with E-state index in [4.69, 9.17) is 17.3 Å². The first-order valence-corrected chi connectivity index (χ1v) is 6.76. The Balaban J connectivity index is 1.68. The summed E-state index contributed by atoms with van der Waals surface area (Å²) >= 11 is 6.03. The number of hydrogen-bond acceptors (Lipinski definition) is 5. The number of carbonyl (C=O) groups excluding carboxylic acids is 1. The molecule has 1 saturated carbocycles. The monoisotopic (exact) mass is 281 g/mol. The van der Waals surface area contributed by atoms with Gasteiger partial charge in [0.25, 0.3) is 0 Å². The van der Waals surface area contributed by atoms with Crippen LogP contribution in [0.2, 0.25) is 5.02 Å². The van der Waals surface area contributed by atoms with Gasteiger partial charge in [0.15, 0.2) is 5.82 Å². The van der Waals surface area contributed by atoms with Crippen LogP contribution in [0.3, 0.4) is 0 Å².